The van der Waals surface area contributed by atoms with Gasteiger partial charge in [-0.2, -0.15) is 13.5 Å². The van der Waals surface area contributed by atoms with Crippen LogP contribution in [0.1, 0.15) is 45.5 Å². The average Bonchev–Trinajstić information content (AvgIpc) is 3.18. The summed E-state index contributed by atoms with van der Waals surface area (Å²) in [6.07, 6.45) is 3.89. The molecule has 4 aromatic carbocycles. The maximum Gasteiger partial charge on any atom is 0.328 e. The average molecular weight is 752 g/mol. The van der Waals surface area contributed by atoms with Crippen molar-refractivity contribution in [3.05, 3.63) is 144 Å². The fourth-order valence-electron chi connectivity index (χ4n) is 5.36. The highest BCUT2D eigenvalue weighted by molar-refractivity contribution is 7.86. The zero-order valence-corrected chi connectivity index (χ0v) is 30.5. The summed E-state index contributed by atoms with van der Waals surface area (Å²) in [6, 6.07) is 36.2. The lowest BCUT2D eigenvalue weighted by Gasteiger charge is -2.19. The number of carbonyl (C=O) groups excluding carboxylic acids is 3. The number of nitrogens with zero attached hydrogens (tertiary/aromatic N) is 2. The molecular weight excluding hydrogens is 713 g/mol. The molecule has 0 spiro atoms. The van der Waals surface area contributed by atoms with Gasteiger partial charge in [-0.05, 0) is 73.4 Å². The summed E-state index contributed by atoms with van der Waals surface area (Å²) in [7, 11) is -3.96. The molecule has 0 saturated carbocycles. The van der Waals surface area contributed by atoms with Crippen LogP contribution in [0, 0.1) is 0 Å². The van der Waals surface area contributed by atoms with Crippen molar-refractivity contribution in [2.75, 3.05) is 19.1 Å². The summed E-state index contributed by atoms with van der Waals surface area (Å²) < 4.78 is 37.4. The Bertz CT molecular complexity index is 2100. The van der Waals surface area contributed by atoms with Gasteiger partial charge >= 0.3 is 5.97 Å². The van der Waals surface area contributed by atoms with Gasteiger partial charge in [-0.1, -0.05) is 91.0 Å². The number of hydrogen-bond acceptors (Lipinski definition) is 9. The molecule has 0 aliphatic heterocycles. The van der Waals surface area contributed by atoms with Gasteiger partial charge < -0.3 is 15.4 Å². The highest BCUT2D eigenvalue weighted by atomic mass is 32.2. The van der Waals surface area contributed by atoms with E-state index in [1.165, 1.54) is 60.5 Å². The fourth-order valence-corrected chi connectivity index (χ4v) is 8.31. The first kappa shape index (κ1) is 38.5. The van der Waals surface area contributed by atoms with Crippen LogP contribution >= 0.6 is 7.92 Å². The zero-order chi connectivity index (χ0) is 37.6. The van der Waals surface area contributed by atoms with Crippen LogP contribution in [0.5, 0.6) is 0 Å². The molecule has 0 saturated heterocycles. The lowest BCUT2D eigenvalue weighted by molar-refractivity contribution is -0.143. The number of methoxy groups -OCH3 is 1. The molecule has 0 aliphatic carbocycles. The number of esters is 1. The lowest BCUT2D eigenvalue weighted by atomic mass is 10.1. The lowest BCUT2D eigenvalue weighted by Crippen LogP contribution is -2.41. The van der Waals surface area contributed by atoms with E-state index in [1.807, 2.05) is 60.7 Å². The van der Waals surface area contributed by atoms with Crippen LogP contribution in [0.3, 0.4) is 0 Å². The van der Waals surface area contributed by atoms with Gasteiger partial charge in [0.05, 0.1) is 18.9 Å². The Morgan fingerprint density at radius 2 is 1.40 bits per heavy atom. The van der Waals surface area contributed by atoms with Crippen molar-refractivity contribution < 1.29 is 32.1 Å². The Balaban J connectivity index is 1.09. The second-order valence-electron chi connectivity index (χ2n) is 11.7. The SMILES string of the molecule is COC(=O)C(CCCCNC(=O)c1ccc(P(c2ccccc2)c2ccccc2)cc1)NC(=O)c1ccc(NN=Cc2ccccc2S(=O)(=O)O)nc1. The van der Waals surface area contributed by atoms with Crippen LogP contribution in [-0.2, 0) is 19.6 Å². The van der Waals surface area contributed by atoms with E-state index in [0.717, 1.165) is 5.30 Å². The molecular formula is C39H38N5O7PS. The third kappa shape index (κ3) is 10.9. The number of anilines is 1. The van der Waals surface area contributed by atoms with Crippen LogP contribution in [0.25, 0.3) is 0 Å². The van der Waals surface area contributed by atoms with E-state index in [1.54, 1.807) is 6.07 Å². The minimum absolute atomic E-state index is 0.164. The molecule has 0 bridgehead atoms. The van der Waals surface area contributed by atoms with Crippen molar-refractivity contribution >= 4 is 63.8 Å². The Morgan fingerprint density at radius 3 is 2.00 bits per heavy atom. The van der Waals surface area contributed by atoms with Crippen molar-refractivity contribution in [3.63, 3.8) is 0 Å². The molecule has 1 atom stereocenters. The number of rotatable bonds is 16. The van der Waals surface area contributed by atoms with Crippen molar-refractivity contribution in [3.8, 4) is 0 Å². The molecule has 1 heterocycles. The molecule has 272 valence electrons. The molecule has 14 heteroatoms. The topological polar surface area (TPSA) is 176 Å². The molecule has 12 nitrogen and oxygen atoms in total. The van der Waals surface area contributed by atoms with Crippen molar-refractivity contribution in [2.24, 2.45) is 5.10 Å². The number of benzene rings is 4. The summed E-state index contributed by atoms with van der Waals surface area (Å²) in [6.45, 7) is 0.380. The third-order valence-electron chi connectivity index (χ3n) is 8.02. The van der Waals surface area contributed by atoms with Gasteiger partial charge in [-0.3, -0.25) is 19.6 Å². The maximum atomic E-state index is 12.9. The summed E-state index contributed by atoms with van der Waals surface area (Å²) >= 11 is 0. The summed E-state index contributed by atoms with van der Waals surface area (Å²) in [5.41, 5.74) is 3.53. The molecule has 0 aliphatic rings. The van der Waals surface area contributed by atoms with Crippen molar-refractivity contribution in [1.29, 1.82) is 0 Å². The second-order valence-corrected chi connectivity index (χ2v) is 15.3. The second kappa shape index (κ2) is 18.7. The number of nitrogens with one attached hydrogen (secondary N) is 3. The van der Waals surface area contributed by atoms with E-state index in [4.69, 9.17) is 4.74 Å². The van der Waals surface area contributed by atoms with E-state index in [0.29, 0.717) is 24.9 Å². The summed E-state index contributed by atoms with van der Waals surface area (Å²) in [4.78, 5) is 42.2. The number of hydrogen-bond donors (Lipinski definition) is 4. The predicted octanol–water partition coefficient (Wildman–Crippen LogP) is 4.40. The monoisotopic (exact) mass is 751 g/mol. The van der Waals surface area contributed by atoms with Gasteiger partial charge in [-0.15, -0.1) is 0 Å². The van der Waals surface area contributed by atoms with Crippen molar-refractivity contribution in [1.82, 2.24) is 15.6 Å². The molecule has 0 fully saturated rings. The number of hydrazone groups is 1. The molecule has 5 aromatic rings. The normalized spacial score (nSPS) is 11.9. The number of amides is 2. The first-order chi connectivity index (χ1) is 25.6. The van der Waals surface area contributed by atoms with E-state index in [9.17, 15) is 27.4 Å². The zero-order valence-electron chi connectivity index (χ0n) is 28.8. The van der Waals surface area contributed by atoms with Crippen molar-refractivity contribution in [2.45, 2.75) is 30.2 Å². The van der Waals surface area contributed by atoms with E-state index >= 15 is 0 Å². The number of carbonyl (C=O) groups is 3. The van der Waals surface area contributed by atoms with E-state index < -0.39 is 36.0 Å². The van der Waals surface area contributed by atoms with Crippen LogP contribution < -0.4 is 32.0 Å². The summed E-state index contributed by atoms with van der Waals surface area (Å²) in [5, 5.41) is 13.2. The molecule has 2 amide bonds. The van der Waals surface area contributed by atoms with Gasteiger partial charge in [0, 0.05) is 23.9 Å². The minimum atomic E-state index is -4.43. The van der Waals surface area contributed by atoms with Crippen LogP contribution in [0.2, 0.25) is 0 Å². The van der Waals surface area contributed by atoms with E-state index in [2.05, 4.69) is 50.4 Å². The third-order valence-corrected chi connectivity index (χ3v) is 11.4. The fraction of sp³-hybridized carbons (Fsp3) is 0.154. The van der Waals surface area contributed by atoms with Gasteiger partial charge in [0.15, 0.2) is 0 Å². The number of aromatic nitrogens is 1. The van der Waals surface area contributed by atoms with Gasteiger partial charge in [0.1, 0.15) is 16.8 Å². The number of ether oxygens (including phenoxy) is 1. The molecule has 53 heavy (non-hydrogen) atoms. The predicted molar refractivity (Wildman–Crippen MR) is 206 cm³/mol. The Hall–Kier alpha value is -5.75. The Morgan fingerprint density at radius 1 is 0.792 bits per heavy atom. The largest absolute Gasteiger partial charge is 0.467 e. The quantitative estimate of drug-likeness (QED) is 0.0284. The molecule has 1 aromatic heterocycles. The molecule has 4 N–H and O–H groups in total. The number of pyridine rings is 1. The van der Waals surface area contributed by atoms with E-state index in [-0.39, 0.29) is 34.2 Å². The van der Waals surface area contributed by atoms with Crippen LogP contribution in [0.15, 0.2) is 138 Å². The molecule has 0 radical (unpaired) electrons. The highest BCUT2D eigenvalue weighted by Crippen LogP contribution is 2.32. The Labute approximate surface area is 309 Å². The minimum Gasteiger partial charge on any atom is -0.467 e. The summed E-state index contributed by atoms with van der Waals surface area (Å²) in [5.74, 6) is -1.07. The molecule has 5 rings (SSSR count). The standard InChI is InChI=1S/C39H38N5O7PS/c1-51-39(47)34(43-38(46)30-21-24-36(41-26-30)44-42-27-29-12-8-9-18-35(29)53(48,49)50)17-10-11-25-40-37(45)28-19-22-33(23-20-28)52(31-13-4-2-5-14-31)32-15-6-3-7-16-32/h2-9,12-16,18-24,26-27,34H,10-11,17,25H2,1H3,(H,40,45)(H,41,44)(H,43,46)(H,48,49,50). The first-order valence-corrected chi connectivity index (χ1v) is 19.4. The first-order valence-electron chi connectivity index (χ1n) is 16.6. The smallest absolute Gasteiger partial charge is 0.328 e. The van der Waals surface area contributed by atoms with Crippen LogP contribution in [0.4, 0.5) is 5.82 Å². The molecule has 1 unspecified atom stereocenters. The van der Waals surface area contributed by atoms with Gasteiger partial charge in [0.2, 0.25) is 0 Å². The van der Waals surface area contributed by atoms with Gasteiger partial charge in [0.25, 0.3) is 21.9 Å². The Kier molecular flexibility index (Phi) is 13.5. The van der Waals surface area contributed by atoms with Gasteiger partial charge in [-0.25, -0.2) is 9.78 Å². The number of unbranched alkanes of at least 4 members (excludes halogenated alkanes) is 1. The highest BCUT2D eigenvalue weighted by Gasteiger charge is 2.22. The maximum absolute atomic E-state index is 12.9. The van der Waals surface area contributed by atoms with Crippen LogP contribution in [-0.4, -0.2) is 61.6 Å².